The monoisotopic (exact) mass is 260 g/mol. The number of nitrogens with zero attached hydrogens (tertiary/aromatic N) is 2. The fourth-order valence-electron chi connectivity index (χ4n) is 1.64. The van der Waals surface area contributed by atoms with E-state index in [0.717, 1.165) is 11.3 Å². The summed E-state index contributed by atoms with van der Waals surface area (Å²) in [5.41, 5.74) is 1.09. The number of aromatic nitrogens is 3. The van der Waals surface area contributed by atoms with E-state index in [4.69, 9.17) is 4.74 Å². The second kappa shape index (κ2) is 5.99. The minimum Gasteiger partial charge on any atom is -0.497 e. The summed E-state index contributed by atoms with van der Waals surface area (Å²) in [6.07, 6.45) is 1.05. The molecule has 0 unspecified atom stereocenters. The van der Waals surface area contributed by atoms with Crippen molar-refractivity contribution >= 4 is 11.9 Å². The zero-order valence-corrected chi connectivity index (χ0v) is 10.9. The number of ether oxygens (including phenoxy) is 1. The molecule has 1 amide bonds. The molecule has 0 saturated carbocycles. The maximum atomic E-state index is 11.7. The van der Waals surface area contributed by atoms with E-state index in [-0.39, 0.29) is 5.91 Å². The van der Waals surface area contributed by atoms with Gasteiger partial charge < -0.3 is 4.74 Å². The molecule has 2 N–H and O–H groups in total. The molecule has 0 spiro atoms. The lowest BCUT2D eigenvalue weighted by atomic mass is 10.1. The zero-order chi connectivity index (χ0) is 13.7. The Hall–Kier alpha value is -2.37. The Morgan fingerprint density at radius 1 is 1.37 bits per heavy atom. The van der Waals surface area contributed by atoms with Crippen LogP contribution in [0.3, 0.4) is 0 Å². The third-order valence-electron chi connectivity index (χ3n) is 2.65. The molecular weight excluding hydrogens is 244 g/mol. The number of hydrogen-bond acceptors (Lipinski definition) is 4. The van der Waals surface area contributed by atoms with Gasteiger partial charge in [-0.1, -0.05) is 12.1 Å². The van der Waals surface area contributed by atoms with Gasteiger partial charge in [0.1, 0.15) is 11.6 Å². The molecule has 0 aliphatic rings. The highest BCUT2D eigenvalue weighted by Gasteiger charge is 2.06. The normalized spacial score (nSPS) is 10.2. The van der Waals surface area contributed by atoms with Crippen LogP contribution in [0.4, 0.5) is 5.95 Å². The minimum absolute atomic E-state index is 0.102. The number of anilines is 1. The fourth-order valence-corrected chi connectivity index (χ4v) is 1.64. The molecular formula is C13H16N4O2. The van der Waals surface area contributed by atoms with Crippen LogP contribution < -0.4 is 10.1 Å². The predicted octanol–water partition coefficient (Wildman–Crippen LogP) is 1.69. The number of rotatable bonds is 5. The van der Waals surface area contributed by atoms with Gasteiger partial charge in [0, 0.05) is 6.42 Å². The first-order chi connectivity index (χ1) is 9.17. The molecule has 6 nitrogen and oxygen atoms in total. The van der Waals surface area contributed by atoms with E-state index in [1.54, 1.807) is 14.0 Å². The molecule has 0 radical (unpaired) electrons. The first kappa shape index (κ1) is 13.1. The Morgan fingerprint density at radius 2 is 2.11 bits per heavy atom. The van der Waals surface area contributed by atoms with Crippen LogP contribution in [0.5, 0.6) is 5.75 Å². The minimum atomic E-state index is -0.102. The molecule has 0 saturated heterocycles. The summed E-state index contributed by atoms with van der Waals surface area (Å²) >= 11 is 0. The predicted molar refractivity (Wildman–Crippen MR) is 71.1 cm³/mol. The second-order valence-electron chi connectivity index (χ2n) is 4.14. The smallest absolute Gasteiger partial charge is 0.248 e. The molecule has 0 aliphatic heterocycles. The summed E-state index contributed by atoms with van der Waals surface area (Å²) in [6, 6.07) is 7.66. The van der Waals surface area contributed by atoms with Crippen LogP contribution >= 0.6 is 0 Å². The standard InChI is InChI=1S/C13H16N4O2/c1-9-14-13(17-16-9)15-12(18)8-5-10-3-6-11(19-2)7-4-10/h3-4,6-7H,5,8H2,1-2H3,(H2,14,15,16,17,18). The molecule has 0 aliphatic carbocycles. The van der Waals surface area contributed by atoms with Crippen molar-refractivity contribution < 1.29 is 9.53 Å². The average Bonchev–Trinajstić information content (AvgIpc) is 2.82. The van der Waals surface area contributed by atoms with Gasteiger partial charge in [-0.05, 0) is 31.0 Å². The van der Waals surface area contributed by atoms with Crippen molar-refractivity contribution in [3.8, 4) is 5.75 Å². The van der Waals surface area contributed by atoms with E-state index in [1.807, 2.05) is 24.3 Å². The highest BCUT2D eigenvalue weighted by molar-refractivity contribution is 5.88. The van der Waals surface area contributed by atoms with Crippen molar-refractivity contribution in [2.24, 2.45) is 0 Å². The zero-order valence-electron chi connectivity index (χ0n) is 10.9. The summed E-state index contributed by atoms with van der Waals surface area (Å²) in [5.74, 6) is 1.70. The quantitative estimate of drug-likeness (QED) is 0.857. The van der Waals surface area contributed by atoms with Gasteiger partial charge in [-0.2, -0.15) is 4.98 Å². The van der Waals surface area contributed by atoms with E-state index in [1.165, 1.54) is 0 Å². The van der Waals surface area contributed by atoms with Gasteiger partial charge in [-0.15, -0.1) is 5.10 Å². The van der Waals surface area contributed by atoms with Crippen LogP contribution in [0.15, 0.2) is 24.3 Å². The first-order valence-electron chi connectivity index (χ1n) is 5.99. The van der Waals surface area contributed by atoms with Gasteiger partial charge in [-0.25, -0.2) is 0 Å². The topological polar surface area (TPSA) is 79.9 Å². The van der Waals surface area contributed by atoms with E-state index in [0.29, 0.717) is 24.6 Å². The molecule has 6 heteroatoms. The van der Waals surface area contributed by atoms with Crippen molar-refractivity contribution in [2.75, 3.05) is 12.4 Å². The molecule has 0 atom stereocenters. The summed E-state index contributed by atoms with van der Waals surface area (Å²) in [6.45, 7) is 1.78. The Bertz CT molecular complexity index is 548. The van der Waals surface area contributed by atoms with Gasteiger partial charge in [0.05, 0.1) is 7.11 Å². The Morgan fingerprint density at radius 3 is 2.68 bits per heavy atom. The number of H-pyrrole nitrogens is 1. The number of benzene rings is 1. The van der Waals surface area contributed by atoms with Crippen LogP contribution in [0.1, 0.15) is 17.8 Å². The van der Waals surface area contributed by atoms with Crippen LogP contribution in [-0.4, -0.2) is 28.2 Å². The van der Waals surface area contributed by atoms with Crippen LogP contribution in [0.2, 0.25) is 0 Å². The number of aromatic amines is 1. The molecule has 2 aromatic rings. The van der Waals surface area contributed by atoms with Gasteiger partial charge in [0.2, 0.25) is 11.9 Å². The number of methoxy groups -OCH3 is 1. The Labute approximate surface area is 111 Å². The van der Waals surface area contributed by atoms with E-state index in [9.17, 15) is 4.79 Å². The average molecular weight is 260 g/mol. The number of nitrogens with one attached hydrogen (secondary N) is 2. The van der Waals surface area contributed by atoms with Gasteiger partial charge in [-0.3, -0.25) is 15.2 Å². The highest BCUT2D eigenvalue weighted by atomic mass is 16.5. The molecule has 0 fully saturated rings. The van der Waals surface area contributed by atoms with Gasteiger partial charge in [0.15, 0.2) is 0 Å². The van der Waals surface area contributed by atoms with E-state index < -0.39 is 0 Å². The molecule has 0 bridgehead atoms. The second-order valence-corrected chi connectivity index (χ2v) is 4.14. The van der Waals surface area contributed by atoms with Crippen LogP contribution in [0, 0.1) is 6.92 Å². The molecule has 2 rings (SSSR count). The number of carbonyl (C=O) groups excluding carboxylic acids is 1. The van der Waals surface area contributed by atoms with Gasteiger partial charge >= 0.3 is 0 Å². The highest BCUT2D eigenvalue weighted by Crippen LogP contribution is 2.12. The molecule has 19 heavy (non-hydrogen) atoms. The third-order valence-corrected chi connectivity index (χ3v) is 2.65. The van der Waals surface area contributed by atoms with Crippen molar-refractivity contribution in [1.82, 2.24) is 15.2 Å². The van der Waals surface area contributed by atoms with Crippen LogP contribution in [-0.2, 0) is 11.2 Å². The van der Waals surface area contributed by atoms with Crippen molar-refractivity contribution in [3.05, 3.63) is 35.7 Å². The maximum absolute atomic E-state index is 11.7. The third kappa shape index (κ3) is 3.80. The first-order valence-corrected chi connectivity index (χ1v) is 5.99. The number of hydrogen-bond donors (Lipinski definition) is 2. The summed E-state index contributed by atoms with van der Waals surface area (Å²) in [7, 11) is 1.63. The summed E-state index contributed by atoms with van der Waals surface area (Å²) in [4.78, 5) is 15.7. The Kier molecular flexibility index (Phi) is 4.12. The molecule has 1 heterocycles. The molecule has 100 valence electrons. The van der Waals surface area contributed by atoms with Crippen molar-refractivity contribution in [1.29, 1.82) is 0 Å². The summed E-state index contributed by atoms with van der Waals surface area (Å²) < 4.78 is 5.08. The van der Waals surface area contributed by atoms with Gasteiger partial charge in [0.25, 0.3) is 0 Å². The lowest BCUT2D eigenvalue weighted by Crippen LogP contribution is -2.13. The van der Waals surface area contributed by atoms with E-state index in [2.05, 4.69) is 20.5 Å². The van der Waals surface area contributed by atoms with Crippen LogP contribution in [0.25, 0.3) is 0 Å². The number of amides is 1. The van der Waals surface area contributed by atoms with Crippen molar-refractivity contribution in [3.63, 3.8) is 0 Å². The Balaban J connectivity index is 1.82. The van der Waals surface area contributed by atoms with Crippen molar-refractivity contribution in [2.45, 2.75) is 19.8 Å². The summed E-state index contributed by atoms with van der Waals surface area (Å²) in [5, 5.41) is 9.16. The lowest BCUT2D eigenvalue weighted by molar-refractivity contribution is -0.116. The number of carbonyl (C=O) groups is 1. The number of aryl methyl sites for hydroxylation is 2. The lowest BCUT2D eigenvalue weighted by Gasteiger charge is -2.03. The fraction of sp³-hybridized carbons (Fsp3) is 0.308. The van der Waals surface area contributed by atoms with E-state index >= 15 is 0 Å². The largest absolute Gasteiger partial charge is 0.497 e. The molecule has 1 aromatic carbocycles. The maximum Gasteiger partial charge on any atom is 0.248 e. The SMILES string of the molecule is COc1ccc(CCC(=O)Nc2n[nH]c(C)n2)cc1. The molecule has 1 aromatic heterocycles.